The van der Waals surface area contributed by atoms with Crippen molar-refractivity contribution < 1.29 is 14.3 Å². The van der Waals surface area contributed by atoms with E-state index in [1.54, 1.807) is 4.90 Å². The third-order valence-corrected chi connectivity index (χ3v) is 7.09. The predicted molar refractivity (Wildman–Crippen MR) is 146 cm³/mol. The smallest absolute Gasteiger partial charge is 0.261 e. The van der Waals surface area contributed by atoms with Crippen LogP contribution in [0.3, 0.4) is 0 Å². The van der Waals surface area contributed by atoms with Crippen LogP contribution in [0.4, 0.5) is 0 Å². The van der Waals surface area contributed by atoms with E-state index in [9.17, 15) is 9.59 Å². The average molecular weight is 550 g/mol. The van der Waals surface area contributed by atoms with Gasteiger partial charge in [-0.05, 0) is 55.2 Å². The maximum absolute atomic E-state index is 13.7. The van der Waals surface area contributed by atoms with E-state index in [4.69, 9.17) is 4.74 Å². The highest BCUT2D eigenvalue weighted by Crippen LogP contribution is 2.21. The van der Waals surface area contributed by atoms with Crippen LogP contribution in [0.2, 0.25) is 0 Å². The fourth-order valence-electron chi connectivity index (χ4n) is 4.62. The Balaban J connectivity index is 1.60. The van der Waals surface area contributed by atoms with E-state index in [2.05, 4.69) is 21.2 Å². The molecular weight excluding hydrogens is 516 g/mol. The molecule has 0 saturated heterocycles. The molecule has 3 aromatic carbocycles. The zero-order valence-electron chi connectivity index (χ0n) is 20.7. The van der Waals surface area contributed by atoms with Crippen LogP contribution in [0.5, 0.6) is 5.75 Å². The zero-order chi connectivity index (χ0) is 25.3. The lowest BCUT2D eigenvalue weighted by Gasteiger charge is -2.32. The van der Waals surface area contributed by atoms with Crippen LogP contribution in [-0.2, 0) is 22.6 Å². The number of amides is 2. The monoisotopic (exact) mass is 548 g/mol. The number of hydrogen-bond acceptors (Lipinski definition) is 3. The van der Waals surface area contributed by atoms with Gasteiger partial charge in [-0.2, -0.15) is 0 Å². The van der Waals surface area contributed by atoms with Crippen molar-refractivity contribution in [3.05, 3.63) is 100 Å². The summed E-state index contributed by atoms with van der Waals surface area (Å²) in [7, 11) is 0. The van der Waals surface area contributed by atoms with Gasteiger partial charge in [0.2, 0.25) is 5.91 Å². The summed E-state index contributed by atoms with van der Waals surface area (Å²) in [6.45, 7) is 2.18. The summed E-state index contributed by atoms with van der Waals surface area (Å²) in [5, 5.41) is 3.23. The minimum atomic E-state index is -0.652. The standard InChI is InChI=1S/C30H33BrN2O3/c1-22-14-16-27(17-15-22)36-21-29(34)33(20-24-10-7-11-25(31)18-24)28(19-23-8-3-2-4-9-23)30(35)32-26-12-5-6-13-26/h2-4,7-11,14-18,26,28H,5-6,12-13,19-21H2,1H3,(H,32,35)/t28-/m1/s1. The molecule has 0 radical (unpaired) electrons. The fourth-order valence-corrected chi connectivity index (χ4v) is 5.06. The molecule has 1 aliphatic carbocycles. The van der Waals surface area contributed by atoms with Crippen LogP contribution in [0, 0.1) is 6.92 Å². The quantitative estimate of drug-likeness (QED) is 0.346. The van der Waals surface area contributed by atoms with E-state index in [1.807, 2.05) is 85.8 Å². The molecule has 188 valence electrons. The molecule has 1 fully saturated rings. The predicted octanol–water partition coefficient (Wildman–Crippen LogP) is 5.84. The minimum Gasteiger partial charge on any atom is -0.484 e. The Hall–Kier alpha value is -3.12. The maximum atomic E-state index is 13.7. The molecule has 6 heteroatoms. The average Bonchev–Trinajstić information content (AvgIpc) is 3.39. The lowest BCUT2D eigenvalue weighted by molar-refractivity contribution is -0.143. The Morgan fingerprint density at radius 2 is 1.67 bits per heavy atom. The van der Waals surface area contributed by atoms with Crippen LogP contribution >= 0.6 is 15.9 Å². The third-order valence-electron chi connectivity index (χ3n) is 6.60. The van der Waals surface area contributed by atoms with Gasteiger partial charge in [-0.25, -0.2) is 0 Å². The van der Waals surface area contributed by atoms with Gasteiger partial charge in [-0.15, -0.1) is 0 Å². The normalized spacial score (nSPS) is 14.3. The molecule has 1 aliphatic rings. The van der Waals surface area contributed by atoms with Crippen LogP contribution in [0.25, 0.3) is 0 Å². The van der Waals surface area contributed by atoms with Gasteiger partial charge in [-0.1, -0.05) is 88.9 Å². The molecule has 36 heavy (non-hydrogen) atoms. The van der Waals surface area contributed by atoms with E-state index >= 15 is 0 Å². The van der Waals surface area contributed by atoms with Gasteiger partial charge < -0.3 is 15.0 Å². The number of carbonyl (C=O) groups excluding carboxylic acids is 2. The Kier molecular flexibility index (Phi) is 9.17. The molecule has 0 spiro atoms. The van der Waals surface area contributed by atoms with Crippen molar-refractivity contribution in [2.45, 2.75) is 57.7 Å². The van der Waals surface area contributed by atoms with Gasteiger partial charge in [0.1, 0.15) is 11.8 Å². The Morgan fingerprint density at radius 1 is 0.972 bits per heavy atom. The zero-order valence-corrected chi connectivity index (χ0v) is 22.2. The number of benzene rings is 3. The van der Waals surface area contributed by atoms with E-state index < -0.39 is 6.04 Å². The first-order chi connectivity index (χ1) is 17.5. The van der Waals surface area contributed by atoms with E-state index in [0.29, 0.717) is 18.7 Å². The first kappa shape index (κ1) is 26.0. The largest absolute Gasteiger partial charge is 0.484 e. The van der Waals surface area contributed by atoms with Gasteiger partial charge in [0.25, 0.3) is 5.91 Å². The SMILES string of the molecule is Cc1ccc(OCC(=O)N(Cc2cccc(Br)c2)[C@H](Cc2ccccc2)C(=O)NC2CCCC2)cc1. The molecular formula is C30H33BrN2O3. The second-order valence-corrected chi connectivity index (χ2v) is 10.4. The Labute approximate surface area is 222 Å². The molecule has 0 bridgehead atoms. The molecule has 3 aromatic rings. The van der Waals surface area contributed by atoms with Crippen molar-refractivity contribution in [3.8, 4) is 5.75 Å². The van der Waals surface area contributed by atoms with Gasteiger partial charge in [0.05, 0.1) is 0 Å². The molecule has 1 atom stereocenters. The van der Waals surface area contributed by atoms with Gasteiger partial charge in [-0.3, -0.25) is 9.59 Å². The molecule has 2 amide bonds. The molecule has 5 nitrogen and oxygen atoms in total. The summed E-state index contributed by atoms with van der Waals surface area (Å²) in [6.07, 6.45) is 4.66. The summed E-state index contributed by atoms with van der Waals surface area (Å²) in [5.74, 6) is 0.300. The highest BCUT2D eigenvalue weighted by atomic mass is 79.9. The number of rotatable bonds is 10. The number of halogens is 1. The summed E-state index contributed by atoms with van der Waals surface area (Å²) in [6, 6.07) is 24.9. The van der Waals surface area contributed by atoms with Crippen molar-refractivity contribution in [1.82, 2.24) is 10.2 Å². The van der Waals surface area contributed by atoms with E-state index in [0.717, 1.165) is 46.8 Å². The summed E-state index contributed by atoms with van der Waals surface area (Å²) < 4.78 is 6.78. The topological polar surface area (TPSA) is 58.6 Å². The number of ether oxygens (including phenoxy) is 1. The number of carbonyl (C=O) groups is 2. The minimum absolute atomic E-state index is 0.107. The van der Waals surface area contributed by atoms with E-state index in [1.165, 1.54) is 0 Å². The second-order valence-electron chi connectivity index (χ2n) is 9.45. The summed E-state index contributed by atoms with van der Waals surface area (Å²) in [5.41, 5.74) is 3.08. The third kappa shape index (κ3) is 7.44. The van der Waals surface area contributed by atoms with Crippen LogP contribution < -0.4 is 10.1 Å². The molecule has 4 rings (SSSR count). The fraction of sp³-hybridized carbons (Fsp3) is 0.333. The van der Waals surface area contributed by atoms with Crippen molar-refractivity contribution in [2.24, 2.45) is 0 Å². The van der Waals surface area contributed by atoms with Crippen molar-refractivity contribution >= 4 is 27.7 Å². The first-order valence-corrected chi connectivity index (χ1v) is 13.3. The highest BCUT2D eigenvalue weighted by Gasteiger charge is 2.32. The number of aryl methyl sites for hydroxylation is 1. The van der Waals surface area contributed by atoms with Crippen LogP contribution in [0.1, 0.15) is 42.4 Å². The molecule has 0 unspecified atom stereocenters. The number of nitrogens with zero attached hydrogens (tertiary/aromatic N) is 1. The maximum Gasteiger partial charge on any atom is 0.261 e. The Bertz CT molecular complexity index is 1140. The first-order valence-electron chi connectivity index (χ1n) is 12.6. The van der Waals surface area contributed by atoms with E-state index in [-0.39, 0.29) is 24.5 Å². The van der Waals surface area contributed by atoms with Gasteiger partial charge in [0, 0.05) is 23.5 Å². The summed E-state index contributed by atoms with van der Waals surface area (Å²) in [4.78, 5) is 29.0. The lowest BCUT2D eigenvalue weighted by atomic mass is 10.0. The molecule has 1 N–H and O–H groups in total. The van der Waals surface area contributed by atoms with Gasteiger partial charge in [0.15, 0.2) is 6.61 Å². The van der Waals surface area contributed by atoms with Crippen molar-refractivity contribution in [3.63, 3.8) is 0 Å². The number of hydrogen-bond donors (Lipinski definition) is 1. The van der Waals surface area contributed by atoms with Crippen LogP contribution in [-0.4, -0.2) is 35.4 Å². The van der Waals surface area contributed by atoms with Crippen LogP contribution in [0.15, 0.2) is 83.3 Å². The van der Waals surface area contributed by atoms with Crippen molar-refractivity contribution in [2.75, 3.05) is 6.61 Å². The van der Waals surface area contributed by atoms with Crippen molar-refractivity contribution in [1.29, 1.82) is 0 Å². The molecule has 0 aliphatic heterocycles. The molecule has 1 saturated carbocycles. The Morgan fingerprint density at radius 3 is 2.36 bits per heavy atom. The molecule has 0 heterocycles. The highest BCUT2D eigenvalue weighted by molar-refractivity contribution is 9.10. The molecule has 0 aromatic heterocycles. The summed E-state index contributed by atoms with van der Waals surface area (Å²) >= 11 is 3.53. The van der Waals surface area contributed by atoms with Gasteiger partial charge >= 0.3 is 0 Å². The second kappa shape index (κ2) is 12.7. The lowest BCUT2D eigenvalue weighted by Crippen LogP contribution is -2.53. The number of nitrogens with one attached hydrogen (secondary N) is 1.